The summed E-state index contributed by atoms with van der Waals surface area (Å²) in [5.41, 5.74) is 13.0. The fourth-order valence-corrected chi connectivity index (χ4v) is 7.48. The van der Waals surface area contributed by atoms with Gasteiger partial charge < -0.3 is 0 Å². The first kappa shape index (κ1) is 31.2. The van der Waals surface area contributed by atoms with Gasteiger partial charge in [-0.05, 0) is 127 Å². The first-order valence-corrected chi connectivity index (χ1v) is 17.8. The van der Waals surface area contributed by atoms with Crippen LogP contribution in [0.3, 0.4) is 0 Å². The van der Waals surface area contributed by atoms with Crippen molar-refractivity contribution in [2.45, 2.75) is 6.92 Å². The lowest BCUT2D eigenvalue weighted by Crippen LogP contribution is -2.11. The standard InChI is InChI=1S/C50H36N2/c1-35-25-30-48(51-34-35)52(42-19-9-4-10-20-42)43-28-26-38(27-29-43)49-44-21-11-13-23-46(44)50(47-24-14-12-22-45(47)49)41-32-39(36-15-5-2-6-16-36)31-40(33-41)37-17-7-3-8-18-37/h2-34H,1H3. The van der Waals surface area contributed by atoms with E-state index in [9.17, 15) is 0 Å². The molecule has 9 rings (SSSR count). The molecule has 0 N–H and O–H groups in total. The van der Waals surface area contributed by atoms with E-state index >= 15 is 0 Å². The van der Waals surface area contributed by atoms with Crippen molar-refractivity contribution in [2.75, 3.05) is 4.90 Å². The molecule has 0 saturated heterocycles. The molecule has 9 aromatic rings. The van der Waals surface area contributed by atoms with E-state index in [2.05, 4.69) is 200 Å². The van der Waals surface area contributed by atoms with Gasteiger partial charge in [-0.15, -0.1) is 0 Å². The molecule has 2 nitrogen and oxygen atoms in total. The SMILES string of the molecule is Cc1ccc(N(c2ccccc2)c2ccc(-c3c4ccccc4c(-c4cc(-c5ccccc5)cc(-c5ccccc5)c4)c4ccccc34)cc2)nc1. The molecule has 0 aliphatic carbocycles. The Bertz CT molecular complexity index is 2530. The molecule has 0 fully saturated rings. The Morgan fingerprint density at radius 1 is 0.346 bits per heavy atom. The van der Waals surface area contributed by atoms with E-state index < -0.39 is 0 Å². The van der Waals surface area contributed by atoms with E-state index in [4.69, 9.17) is 4.98 Å². The predicted molar refractivity (Wildman–Crippen MR) is 220 cm³/mol. The van der Waals surface area contributed by atoms with E-state index in [1.165, 1.54) is 66.1 Å². The Labute approximate surface area is 304 Å². The summed E-state index contributed by atoms with van der Waals surface area (Å²) in [6, 6.07) is 69.9. The summed E-state index contributed by atoms with van der Waals surface area (Å²) in [5.74, 6) is 0.886. The third-order valence-electron chi connectivity index (χ3n) is 9.92. The quantitative estimate of drug-likeness (QED) is 0.158. The van der Waals surface area contributed by atoms with Gasteiger partial charge in [0.2, 0.25) is 0 Å². The van der Waals surface area contributed by atoms with Crippen LogP contribution in [0.4, 0.5) is 17.2 Å². The lowest BCUT2D eigenvalue weighted by Gasteiger charge is -2.25. The summed E-state index contributed by atoms with van der Waals surface area (Å²) >= 11 is 0. The summed E-state index contributed by atoms with van der Waals surface area (Å²) in [6.45, 7) is 2.07. The minimum atomic E-state index is 0.886. The van der Waals surface area contributed by atoms with Gasteiger partial charge >= 0.3 is 0 Å². The number of aromatic nitrogens is 1. The third-order valence-corrected chi connectivity index (χ3v) is 9.92. The molecule has 1 aromatic heterocycles. The lowest BCUT2D eigenvalue weighted by molar-refractivity contribution is 1.16. The van der Waals surface area contributed by atoms with Crippen molar-refractivity contribution in [3.8, 4) is 44.5 Å². The molecule has 0 aliphatic rings. The average molecular weight is 665 g/mol. The average Bonchev–Trinajstić information content (AvgIpc) is 3.22. The summed E-state index contributed by atoms with van der Waals surface area (Å²) in [4.78, 5) is 7.02. The van der Waals surface area contributed by atoms with Crippen LogP contribution in [0.25, 0.3) is 66.1 Å². The summed E-state index contributed by atoms with van der Waals surface area (Å²) in [7, 11) is 0. The van der Waals surface area contributed by atoms with Crippen LogP contribution in [0.5, 0.6) is 0 Å². The number of para-hydroxylation sites is 1. The molecule has 0 unspecified atom stereocenters. The Morgan fingerprint density at radius 3 is 1.25 bits per heavy atom. The van der Waals surface area contributed by atoms with Crippen LogP contribution in [0, 0.1) is 6.92 Å². The molecule has 0 aliphatic heterocycles. The first-order valence-electron chi connectivity index (χ1n) is 17.8. The molecule has 0 saturated carbocycles. The molecular formula is C50H36N2. The maximum absolute atomic E-state index is 4.81. The molecule has 8 aromatic carbocycles. The van der Waals surface area contributed by atoms with Crippen LogP contribution in [0.2, 0.25) is 0 Å². The minimum absolute atomic E-state index is 0.886. The maximum Gasteiger partial charge on any atom is 0.137 e. The summed E-state index contributed by atoms with van der Waals surface area (Å²) in [6.07, 6.45) is 1.93. The number of anilines is 3. The van der Waals surface area contributed by atoms with Gasteiger partial charge in [-0.2, -0.15) is 0 Å². The Hall–Kier alpha value is -6.77. The highest BCUT2D eigenvalue weighted by molar-refractivity contribution is 6.21. The van der Waals surface area contributed by atoms with Gasteiger partial charge in [0.05, 0.1) is 0 Å². The monoisotopic (exact) mass is 664 g/mol. The molecule has 0 amide bonds. The van der Waals surface area contributed by atoms with Gasteiger partial charge in [0.1, 0.15) is 5.82 Å². The van der Waals surface area contributed by atoms with Crippen LogP contribution in [0.1, 0.15) is 5.56 Å². The number of rotatable bonds is 7. The van der Waals surface area contributed by atoms with Crippen LogP contribution in [0.15, 0.2) is 200 Å². The van der Waals surface area contributed by atoms with Crippen LogP contribution in [-0.4, -0.2) is 4.98 Å². The zero-order valence-corrected chi connectivity index (χ0v) is 28.9. The third kappa shape index (κ3) is 5.81. The normalized spacial score (nSPS) is 11.2. The van der Waals surface area contributed by atoms with Gasteiger partial charge in [0.15, 0.2) is 0 Å². The molecular weight excluding hydrogens is 629 g/mol. The molecule has 2 heteroatoms. The number of fused-ring (bicyclic) bond motifs is 2. The van der Waals surface area contributed by atoms with Crippen LogP contribution < -0.4 is 4.90 Å². The second kappa shape index (κ2) is 13.5. The Morgan fingerprint density at radius 2 is 0.769 bits per heavy atom. The predicted octanol–water partition coefficient (Wildman–Crippen LogP) is 13.8. The highest BCUT2D eigenvalue weighted by Crippen LogP contribution is 2.46. The molecule has 1 heterocycles. The van der Waals surface area contributed by atoms with Crippen molar-refractivity contribution >= 4 is 38.7 Å². The molecule has 0 atom stereocenters. The van der Waals surface area contributed by atoms with Gasteiger partial charge in [-0.25, -0.2) is 4.98 Å². The van der Waals surface area contributed by atoms with Gasteiger partial charge in [0, 0.05) is 17.6 Å². The van der Waals surface area contributed by atoms with E-state index in [-0.39, 0.29) is 0 Å². The fourth-order valence-electron chi connectivity index (χ4n) is 7.48. The minimum Gasteiger partial charge on any atom is -0.295 e. The fraction of sp³-hybridized carbons (Fsp3) is 0.0200. The van der Waals surface area contributed by atoms with Crippen molar-refractivity contribution in [3.63, 3.8) is 0 Å². The van der Waals surface area contributed by atoms with E-state index in [1.807, 2.05) is 12.3 Å². The van der Waals surface area contributed by atoms with Crippen LogP contribution in [-0.2, 0) is 0 Å². The van der Waals surface area contributed by atoms with Crippen molar-refractivity contribution in [1.29, 1.82) is 0 Å². The van der Waals surface area contributed by atoms with Crippen molar-refractivity contribution in [1.82, 2.24) is 4.98 Å². The number of benzene rings is 8. The van der Waals surface area contributed by atoms with E-state index in [1.54, 1.807) is 0 Å². The Kier molecular flexibility index (Phi) is 8.11. The summed E-state index contributed by atoms with van der Waals surface area (Å²) < 4.78 is 0. The number of hydrogen-bond acceptors (Lipinski definition) is 2. The molecule has 246 valence electrons. The maximum atomic E-state index is 4.81. The van der Waals surface area contributed by atoms with E-state index in [0.717, 1.165) is 22.8 Å². The topological polar surface area (TPSA) is 16.1 Å². The zero-order chi connectivity index (χ0) is 34.9. The second-order valence-corrected chi connectivity index (χ2v) is 13.3. The van der Waals surface area contributed by atoms with Crippen LogP contribution >= 0.6 is 0 Å². The van der Waals surface area contributed by atoms with E-state index in [0.29, 0.717) is 0 Å². The van der Waals surface area contributed by atoms with Crippen molar-refractivity contribution in [2.24, 2.45) is 0 Å². The lowest BCUT2D eigenvalue weighted by atomic mass is 9.84. The number of aryl methyl sites for hydroxylation is 1. The van der Waals surface area contributed by atoms with Gasteiger partial charge in [-0.1, -0.05) is 146 Å². The molecule has 52 heavy (non-hydrogen) atoms. The van der Waals surface area contributed by atoms with Gasteiger partial charge in [-0.3, -0.25) is 4.90 Å². The summed E-state index contributed by atoms with van der Waals surface area (Å²) in [5, 5.41) is 4.93. The number of nitrogens with zero attached hydrogens (tertiary/aromatic N) is 2. The smallest absolute Gasteiger partial charge is 0.137 e. The van der Waals surface area contributed by atoms with Gasteiger partial charge in [0.25, 0.3) is 0 Å². The Balaban J connectivity index is 1.24. The molecule has 0 radical (unpaired) electrons. The highest BCUT2D eigenvalue weighted by atomic mass is 15.2. The molecule has 0 spiro atoms. The second-order valence-electron chi connectivity index (χ2n) is 13.3. The largest absolute Gasteiger partial charge is 0.295 e. The number of hydrogen-bond donors (Lipinski definition) is 0. The molecule has 0 bridgehead atoms. The zero-order valence-electron chi connectivity index (χ0n) is 28.9. The highest BCUT2D eigenvalue weighted by Gasteiger charge is 2.19. The van der Waals surface area contributed by atoms with Crippen molar-refractivity contribution < 1.29 is 0 Å². The van der Waals surface area contributed by atoms with Crippen molar-refractivity contribution in [3.05, 3.63) is 206 Å². The number of pyridine rings is 1. The first-order chi connectivity index (χ1) is 25.7.